The van der Waals surface area contributed by atoms with Crippen LogP contribution in [0.5, 0.6) is 0 Å². The first kappa shape index (κ1) is 8.31. The highest BCUT2D eigenvalue weighted by Gasteiger charge is 2.22. The van der Waals surface area contributed by atoms with E-state index in [0.717, 1.165) is 6.54 Å². The number of nitrogens with zero attached hydrogens (tertiary/aromatic N) is 2. The zero-order valence-electron chi connectivity index (χ0n) is 7.76. The smallest absolute Gasteiger partial charge is 0.108 e. The van der Waals surface area contributed by atoms with Gasteiger partial charge in [0.2, 0.25) is 0 Å². The highest BCUT2D eigenvalue weighted by molar-refractivity contribution is 5.88. The first-order chi connectivity index (χ1) is 5.02. The molecule has 1 rings (SSSR count). The zero-order valence-corrected chi connectivity index (χ0v) is 7.76. The Morgan fingerprint density at radius 2 is 2.09 bits per heavy atom. The lowest BCUT2D eigenvalue weighted by atomic mass is 9.94. The maximum atomic E-state index is 4.44. The molecule has 0 aromatic carbocycles. The van der Waals surface area contributed by atoms with Gasteiger partial charge in [0.1, 0.15) is 5.84 Å². The fraction of sp³-hybridized carbons (Fsp3) is 0.667. The van der Waals surface area contributed by atoms with Crippen molar-refractivity contribution in [1.82, 2.24) is 4.90 Å². The molecular formula is C9H16N2. The van der Waals surface area contributed by atoms with E-state index in [2.05, 4.69) is 42.9 Å². The summed E-state index contributed by atoms with van der Waals surface area (Å²) in [5.41, 5.74) is 0.166. The molecule has 0 aliphatic carbocycles. The highest BCUT2D eigenvalue weighted by Crippen LogP contribution is 2.19. The van der Waals surface area contributed by atoms with Crippen LogP contribution in [-0.4, -0.2) is 24.3 Å². The molecule has 0 spiro atoms. The van der Waals surface area contributed by atoms with E-state index in [9.17, 15) is 0 Å². The summed E-state index contributed by atoms with van der Waals surface area (Å²) in [7, 11) is 2.04. The Labute approximate surface area is 68.6 Å². The van der Waals surface area contributed by atoms with Gasteiger partial charge in [-0.3, -0.25) is 4.99 Å². The predicted molar refractivity (Wildman–Crippen MR) is 48.7 cm³/mol. The van der Waals surface area contributed by atoms with E-state index < -0.39 is 0 Å². The highest BCUT2D eigenvalue weighted by atomic mass is 15.2. The molecule has 0 radical (unpaired) electrons. The lowest BCUT2D eigenvalue weighted by molar-refractivity contribution is 0.496. The third-order valence-corrected chi connectivity index (χ3v) is 1.68. The fourth-order valence-corrected chi connectivity index (χ4v) is 1.29. The topological polar surface area (TPSA) is 15.6 Å². The van der Waals surface area contributed by atoms with Gasteiger partial charge < -0.3 is 4.90 Å². The van der Waals surface area contributed by atoms with Gasteiger partial charge >= 0.3 is 0 Å². The summed E-state index contributed by atoms with van der Waals surface area (Å²) < 4.78 is 0. The molecule has 0 atom stereocenters. The van der Waals surface area contributed by atoms with Crippen molar-refractivity contribution < 1.29 is 0 Å². The van der Waals surface area contributed by atoms with Crippen molar-refractivity contribution in [3.8, 4) is 0 Å². The van der Waals surface area contributed by atoms with E-state index in [0.29, 0.717) is 0 Å². The van der Waals surface area contributed by atoms with Gasteiger partial charge in [0, 0.05) is 18.7 Å². The summed E-state index contributed by atoms with van der Waals surface area (Å²) in [5.74, 6) is 1.17. The van der Waals surface area contributed by atoms with Crippen LogP contribution in [0.15, 0.2) is 17.3 Å². The van der Waals surface area contributed by atoms with Crippen LogP contribution < -0.4 is 0 Å². The quantitative estimate of drug-likeness (QED) is 0.517. The minimum absolute atomic E-state index is 0.166. The van der Waals surface area contributed by atoms with Gasteiger partial charge in [-0.05, 0) is 6.08 Å². The van der Waals surface area contributed by atoms with Crippen LogP contribution in [0.25, 0.3) is 0 Å². The van der Waals surface area contributed by atoms with E-state index in [1.165, 1.54) is 5.84 Å². The van der Waals surface area contributed by atoms with E-state index in [1.54, 1.807) is 0 Å². The molecule has 1 heterocycles. The molecular weight excluding hydrogens is 136 g/mol. The van der Waals surface area contributed by atoms with E-state index in [4.69, 9.17) is 0 Å². The first-order valence-electron chi connectivity index (χ1n) is 3.96. The van der Waals surface area contributed by atoms with Crippen molar-refractivity contribution in [2.24, 2.45) is 10.4 Å². The molecule has 0 saturated carbocycles. The van der Waals surface area contributed by atoms with Crippen LogP contribution in [0.3, 0.4) is 0 Å². The van der Waals surface area contributed by atoms with Gasteiger partial charge in [0.15, 0.2) is 0 Å². The van der Waals surface area contributed by atoms with Crippen LogP contribution in [-0.2, 0) is 0 Å². The largest absolute Gasteiger partial charge is 0.340 e. The Morgan fingerprint density at radius 3 is 2.45 bits per heavy atom. The van der Waals surface area contributed by atoms with Gasteiger partial charge in [0.05, 0.1) is 6.54 Å². The lowest BCUT2D eigenvalue weighted by Crippen LogP contribution is -2.35. The Kier molecular flexibility index (Phi) is 2.03. The molecule has 0 fully saturated rings. The van der Waals surface area contributed by atoms with Gasteiger partial charge in [-0.25, -0.2) is 0 Å². The number of hydrogen-bond donors (Lipinski definition) is 0. The summed E-state index contributed by atoms with van der Waals surface area (Å²) in [5, 5.41) is 0. The number of hydrogen-bond acceptors (Lipinski definition) is 2. The molecule has 0 N–H and O–H groups in total. The molecule has 0 saturated heterocycles. The molecule has 2 nitrogen and oxygen atoms in total. The summed E-state index contributed by atoms with van der Waals surface area (Å²) >= 11 is 0. The Balaban J connectivity index is 2.80. The molecule has 2 heteroatoms. The van der Waals surface area contributed by atoms with Crippen LogP contribution in [0.1, 0.15) is 20.8 Å². The van der Waals surface area contributed by atoms with Crippen LogP contribution >= 0.6 is 0 Å². The van der Waals surface area contributed by atoms with Gasteiger partial charge in [-0.2, -0.15) is 0 Å². The van der Waals surface area contributed by atoms with Crippen molar-refractivity contribution in [3.05, 3.63) is 12.3 Å². The van der Waals surface area contributed by atoms with Crippen molar-refractivity contribution in [2.75, 3.05) is 13.6 Å². The Bertz CT molecular complexity index is 196. The van der Waals surface area contributed by atoms with Gasteiger partial charge in [0.25, 0.3) is 0 Å². The van der Waals surface area contributed by atoms with Crippen LogP contribution in [0.2, 0.25) is 0 Å². The molecule has 62 valence electrons. The molecule has 0 amide bonds. The maximum absolute atomic E-state index is 4.44. The second-order valence-corrected chi connectivity index (χ2v) is 3.91. The van der Waals surface area contributed by atoms with E-state index >= 15 is 0 Å². The average molecular weight is 152 g/mol. The SMILES string of the molecule is CN1C=CCN=C1C(C)(C)C. The maximum Gasteiger partial charge on any atom is 0.108 e. The molecule has 0 bridgehead atoms. The Hall–Kier alpha value is -0.790. The summed E-state index contributed by atoms with van der Waals surface area (Å²) in [6.07, 6.45) is 4.14. The molecule has 0 aromatic heterocycles. The van der Waals surface area contributed by atoms with Crippen LogP contribution in [0.4, 0.5) is 0 Å². The molecule has 1 aliphatic rings. The summed E-state index contributed by atoms with van der Waals surface area (Å²) in [4.78, 5) is 6.52. The minimum atomic E-state index is 0.166. The van der Waals surface area contributed by atoms with Gasteiger partial charge in [-0.1, -0.05) is 20.8 Å². The first-order valence-corrected chi connectivity index (χ1v) is 3.96. The average Bonchev–Trinajstić information content (AvgIpc) is 1.86. The normalized spacial score (nSPS) is 18.5. The van der Waals surface area contributed by atoms with Crippen molar-refractivity contribution in [1.29, 1.82) is 0 Å². The molecule has 0 aromatic rings. The van der Waals surface area contributed by atoms with E-state index in [-0.39, 0.29) is 5.41 Å². The van der Waals surface area contributed by atoms with Crippen LogP contribution in [0, 0.1) is 5.41 Å². The molecule has 1 aliphatic heterocycles. The second kappa shape index (κ2) is 2.68. The predicted octanol–water partition coefficient (Wildman–Crippen LogP) is 1.89. The summed E-state index contributed by atoms with van der Waals surface area (Å²) in [6.45, 7) is 7.38. The van der Waals surface area contributed by atoms with E-state index in [1.807, 2.05) is 7.05 Å². The minimum Gasteiger partial charge on any atom is -0.340 e. The van der Waals surface area contributed by atoms with Gasteiger partial charge in [-0.15, -0.1) is 0 Å². The number of aliphatic imine (C=N–C) groups is 1. The fourth-order valence-electron chi connectivity index (χ4n) is 1.29. The zero-order chi connectivity index (χ0) is 8.48. The van der Waals surface area contributed by atoms with Crippen molar-refractivity contribution in [2.45, 2.75) is 20.8 Å². The third kappa shape index (κ3) is 1.82. The second-order valence-electron chi connectivity index (χ2n) is 3.91. The molecule has 11 heavy (non-hydrogen) atoms. The number of rotatable bonds is 0. The van der Waals surface area contributed by atoms with Crippen molar-refractivity contribution in [3.63, 3.8) is 0 Å². The number of amidine groups is 1. The summed E-state index contributed by atoms with van der Waals surface area (Å²) in [6, 6.07) is 0. The lowest BCUT2D eigenvalue weighted by Gasteiger charge is -2.30. The van der Waals surface area contributed by atoms with Crippen molar-refractivity contribution >= 4 is 5.84 Å². The molecule has 0 unspecified atom stereocenters. The standard InChI is InChI=1S/C9H16N2/c1-9(2,3)8-10-6-5-7-11(8)4/h5,7H,6H2,1-4H3. The monoisotopic (exact) mass is 152 g/mol. The third-order valence-electron chi connectivity index (χ3n) is 1.68. The Morgan fingerprint density at radius 1 is 1.45 bits per heavy atom.